The van der Waals surface area contributed by atoms with Crippen molar-refractivity contribution in [2.24, 2.45) is 11.8 Å². The number of carbonyl (C=O) groups excluding carboxylic acids is 1. The number of hydrogen-bond donors (Lipinski definition) is 0. The Morgan fingerprint density at radius 3 is 2.39 bits per heavy atom. The maximum atomic E-state index is 13.1. The highest BCUT2D eigenvalue weighted by molar-refractivity contribution is 5.94. The SMILES string of the molecule is O=C(c1ccc(F)c(F)c1)N1CC2CCCC2C1. The van der Waals surface area contributed by atoms with Crippen molar-refractivity contribution in [1.29, 1.82) is 0 Å². The maximum Gasteiger partial charge on any atom is 0.253 e. The number of nitrogens with zero attached hydrogens (tertiary/aromatic N) is 1. The fourth-order valence-corrected chi connectivity index (χ4v) is 3.21. The van der Waals surface area contributed by atoms with Gasteiger partial charge in [-0.15, -0.1) is 0 Å². The van der Waals surface area contributed by atoms with Gasteiger partial charge in [-0.2, -0.15) is 0 Å². The van der Waals surface area contributed by atoms with Gasteiger partial charge in [-0.05, 0) is 42.9 Å². The summed E-state index contributed by atoms with van der Waals surface area (Å²) in [7, 11) is 0. The smallest absolute Gasteiger partial charge is 0.253 e. The monoisotopic (exact) mass is 251 g/mol. The van der Waals surface area contributed by atoms with Gasteiger partial charge in [0.25, 0.3) is 5.91 Å². The Hall–Kier alpha value is -1.45. The molecule has 4 heteroatoms. The van der Waals surface area contributed by atoms with E-state index in [0.717, 1.165) is 25.2 Å². The number of fused-ring (bicyclic) bond motifs is 1. The molecule has 96 valence electrons. The summed E-state index contributed by atoms with van der Waals surface area (Å²) in [5, 5.41) is 0. The van der Waals surface area contributed by atoms with E-state index in [1.165, 1.54) is 25.3 Å². The second kappa shape index (κ2) is 4.34. The first kappa shape index (κ1) is 11.6. The van der Waals surface area contributed by atoms with E-state index < -0.39 is 11.6 Å². The number of hydrogen-bond acceptors (Lipinski definition) is 1. The molecule has 0 aromatic heterocycles. The summed E-state index contributed by atoms with van der Waals surface area (Å²) < 4.78 is 25.9. The average molecular weight is 251 g/mol. The molecule has 1 aromatic carbocycles. The van der Waals surface area contributed by atoms with E-state index in [0.29, 0.717) is 11.8 Å². The molecular formula is C14H15F2NO. The number of rotatable bonds is 1. The van der Waals surface area contributed by atoms with Crippen LogP contribution < -0.4 is 0 Å². The zero-order chi connectivity index (χ0) is 12.7. The number of carbonyl (C=O) groups is 1. The highest BCUT2D eigenvalue weighted by Crippen LogP contribution is 2.38. The summed E-state index contributed by atoms with van der Waals surface area (Å²) in [6.45, 7) is 1.53. The predicted octanol–water partition coefficient (Wildman–Crippen LogP) is 2.84. The van der Waals surface area contributed by atoms with Crippen molar-refractivity contribution < 1.29 is 13.6 Å². The van der Waals surface area contributed by atoms with Crippen LogP contribution in [0.2, 0.25) is 0 Å². The maximum absolute atomic E-state index is 13.1. The first-order valence-electron chi connectivity index (χ1n) is 6.39. The van der Waals surface area contributed by atoms with Crippen LogP contribution in [-0.2, 0) is 0 Å². The second-order valence-electron chi connectivity index (χ2n) is 5.29. The molecule has 1 aliphatic heterocycles. The molecule has 2 fully saturated rings. The number of amides is 1. The van der Waals surface area contributed by atoms with E-state index in [1.54, 1.807) is 4.90 Å². The van der Waals surface area contributed by atoms with Crippen molar-refractivity contribution in [3.05, 3.63) is 35.4 Å². The van der Waals surface area contributed by atoms with Gasteiger partial charge < -0.3 is 4.90 Å². The quantitative estimate of drug-likeness (QED) is 0.751. The molecule has 1 heterocycles. The zero-order valence-corrected chi connectivity index (χ0v) is 10.0. The van der Waals surface area contributed by atoms with E-state index in [4.69, 9.17) is 0 Å². The van der Waals surface area contributed by atoms with Crippen LogP contribution in [0.4, 0.5) is 8.78 Å². The van der Waals surface area contributed by atoms with Gasteiger partial charge in [-0.1, -0.05) is 6.42 Å². The Kier molecular flexibility index (Phi) is 2.80. The Bertz CT molecular complexity index is 477. The lowest BCUT2D eigenvalue weighted by atomic mass is 10.0. The summed E-state index contributed by atoms with van der Waals surface area (Å²) >= 11 is 0. The lowest BCUT2D eigenvalue weighted by molar-refractivity contribution is 0.0780. The molecule has 2 aliphatic rings. The van der Waals surface area contributed by atoms with E-state index in [-0.39, 0.29) is 11.5 Å². The van der Waals surface area contributed by atoms with E-state index in [1.807, 2.05) is 0 Å². The minimum atomic E-state index is -0.958. The van der Waals surface area contributed by atoms with Crippen molar-refractivity contribution in [2.75, 3.05) is 13.1 Å². The highest BCUT2D eigenvalue weighted by Gasteiger charge is 2.38. The second-order valence-corrected chi connectivity index (χ2v) is 5.29. The first-order chi connectivity index (χ1) is 8.65. The lowest BCUT2D eigenvalue weighted by Gasteiger charge is -2.17. The van der Waals surface area contributed by atoms with Gasteiger partial charge in [0.05, 0.1) is 0 Å². The van der Waals surface area contributed by atoms with Crippen molar-refractivity contribution >= 4 is 5.91 Å². The van der Waals surface area contributed by atoms with Crippen LogP contribution in [0.1, 0.15) is 29.6 Å². The molecule has 1 saturated carbocycles. The number of benzene rings is 1. The summed E-state index contributed by atoms with van der Waals surface area (Å²) in [6.07, 6.45) is 3.63. The third kappa shape index (κ3) is 1.89. The topological polar surface area (TPSA) is 20.3 Å². The predicted molar refractivity (Wildman–Crippen MR) is 63.1 cm³/mol. The molecule has 0 radical (unpaired) electrons. The molecule has 2 unspecified atom stereocenters. The molecular weight excluding hydrogens is 236 g/mol. The summed E-state index contributed by atoms with van der Waals surface area (Å²) in [4.78, 5) is 14.0. The van der Waals surface area contributed by atoms with Gasteiger partial charge in [0.2, 0.25) is 0 Å². The number of likely N-dealkylation sites (tertiary alicyclic amines) is 1. The van der Waals surface area contributed by atoms with Gasteiger partial charge in [-0.25, -0.2) is 8.78 Å². The molecule has 1 amide bonds. The minimum Gasteiger partial charge on any atom is -0.338 e. The van der Waals surface area contributed by atoms with Crippen LogP contribution in [0.5, 0.6) is 0 Å². The summed E-state index contributed by atoms with van der Waals surface area (Å²) in [5.74, 6) is -0.827. The van der Waals surface area contributed by atoms with Crippen LogP contribution in [-0.4, -0.2) is 23.9 Å². The molecule has 0 spiro atoms. The summed E-state index contributed by atoms with van der Waals surface area (Å²) in [5.41, 5.74) is 0.244. The first-order valence-corrected chi connectivity index (χ1v) is 6.39. The molecule has 1 aliphatic carbocycles. The zero-order valence-electron chi connectivity index (χ0n) is 10.0. The van der Waals surface area contributed by atoms with Gasteiger partial charge in [0.1, 0.15) is 0 Å². The summed E-state index contributed by atoms with van der Waals surface area (Å²) in [6, 6.07) is 3.36. The van der Waals surface area contributed by atoms with Gasteiger partial charge >= 0.3 is 0 Å². The van der Waals surface area contributed by atoms with Crippen molar-refractivity contribution in [2.45, 2.75) is 19.3 Å². The van der Waals surface area contributed by atoms with Crippen molar-refractivity contribution in [3.8, 4) is 0 Å². The molecule has 1 aromatic rings. The normalized spacial score (nSPS) is 26.4. The minimum absolute atomic E-state index is 0.177. The van der Waals surface area contributed by atoms with Crippen molar-refractivity contribution in [1.82, 2.24) is 4.90 Å². The van der Waals surface area contributed by atoms with Gasteiger partial charge in [0, 0.05) is 18.7 Å². The van der Waals surface area contributed by atoms with Crippen LogP contribution in [0, 0.1) is 23.5 Å². The number of halogens is 2. The molecule has 3 rings (SSSR count). The van der Waals surface area contributed by atoms with Gasteiger partial charge in [0.15, 0.2) is 11.6 Å². The van der Waals surface area contributed by atoms with Gasteiger partial charge in [-0.3, -0.25) is 4.79 Å². The molecule has 0 N–H and O–H groups in total. The third-order valence-corrected chi connectivity index (χ3v) is 4.18. The standard InChI is InChI=1S/C14H15F2NO/c15-12-5-4-9(6-13(12)16)14(18)17-7-10-2-1-3-11(10)8-17/h4-6,10-11H,1-3,7-8H2. The van der Waals surface area contributed by atoms with Crippen LogP contribution in [0.3, 0.4) is 0 Å². The van der Waals surface area contributed by atoms with E-state index in [2.05, 4.69) is 0 Å². The molecule has 18 heavy (non-hydrogen) atoms. The lowest BCUT2D eigenvalue weighted by Crippen LogP contribution is -2.29. The fraction of sp³-hybridized carbons (Fsp3) is 0.500. The Morgan fingerprint density at radius 2 is 1.78 bits per heavy atom. The average Bonchev–Trinajstić information content (AvgIpc) is 2.92. The Morgan fingerprint density at radius 1 is 1.11 bits per heavy atom. The molecule has 2 nitrogen and oxygen atoms in total. The van der Waals surface area contributed by atoms with Crippen LogP contribution in [0.15, 0.2) is 18.2 Å². The molecule has 2 atom stereocenters. The van der Waals surface area contributed by atoms with Crippen LogP contribution in [0.25, 0.3) is 0 Å². The fourth-order valence-electron chi connectivity index (χ4n) is 3.21. The third-order valence-electron chi connectivity index (χ3n) is 4.18. The molecule has 1 saturated heterocycles. The van der Waals surface area contributed by atoms with E-state index >= 15 is 0 Å². The van der Waals surface area contributed by atoms with Crippen LogP contribution >= 0.6 is 0 Å². The van der Waals surface area contributed by atoms with E-state index in [9.17, 15) is 13.6 Å². The highest BCUT2D eigenvalue weighted by atomic mass is 19.2. The Balaban J connectivity index is 1.77. The largest absolute Gasteiger partial charge is 0.338 e. The molecule has 0 bridgehead atoms. The Labute approximate surface area is 105 Å². The van der Waals surface area contributed by atoms with Crippen molar-refractivity contribution in [3.63, 3.8) is 0 Å².